The number of esters is 1. The molecular formula is C24H16O2S. The molecule has 3 heteroatoms. The Morgan fingerprint density at radius 1 is 0.778 bits per heavy atom. The molecule has 0 saturated carbocycles. The number of methoxy groups -OCH3 is 1. The first-order chi connectivity index (χ1) is 13.3. The number of ether oxygens (including phenoxy) is 1. The van der Waals surface area contributed by atoms with Crippen molar-refractivity contribution in [3.63, 3.8) is 0 Å². The number of benzene rings is 4. The van der Waals surface area contributed by atoms with Gasteiger partial charge >= 0.3 is 5.97 Å². The van der Waals surface area contributed by atoms with Crippen molar-refractivity contribution in [1.82, 2.24) is 0 Å². The van der Waals surface area contributed by atoms with Gasteiger partial charge in [0.1, 0.15) is 0 Å². The highest BCUT2D eigenvalue weighted by Crippen LogP contribution is 2.39. The van der Waals surface area contributed by atoms with Crippen molar-refractivity contribution in [3.05, 3.63) is 84.4 Å². The van der Waals surface area contributed by atoms with Gasteiger partial charge in [-0.3, -0.25) is 0 Å². The Labute approximate surface area is 160 Å². The Bertz CT molecular complexity index is 1330. The Balaban J connectivity index is 1.87. The van der Waals surface area contributed by atoms with Crippen LogP contribution in [0.25, 0.3) is 42.1 Å². The lowest BCUT2D eigenvalue weighted by Gasteiger charge is -2.12. The molecule has 0 amide bonds. The monoisotopic (exact) mass is 368 g/mol. The number of fused-ring (bicyclic) bond motifs is 4. The van der Waals surface area contributed by atoms with Crippen LogP contribution in [0.1, 0.15) is 10.4 Å². The molecule has 2 nitrogen and oxygen atoms in total. The van der Waals surface area contributed by atoms with Crippen LogP contribution in [-0.4, -0.2) is 13.1 Å². The van der Waals surface area contributed by atoms with E-state index >= 15 is 0 Å². The lowest BCUT2D eigenvalue weighted by atomic mass is 9.92. The lowest BCUT2D eigenvalue weighted by Crippen LogP contribution is -2.04. The Kier molecular flexibility index (Phi) is 3.69. The number of rotatable bonds is 2. The van der Waals surface area contributed by atoms with Gasteiger partial charge in [0.2, 0.25) is 0 Å². The maximum absolute atomic E-state index is 12.5. The lowest BCUT2D eigenvalue weighted by molar-refractivity contribution is 0.0602. The van der Waals surface area contributed by atoms with Gasteiger partial charge in [-0.1, -0.05) is 54.6 Å². The van der Waals surface area contributed by atoms with E-state index in [-0.39, 0.29) is 5.97 Å². The maximum Gasteiger partial charge on any atom is 0.338 e. The predicted octanol–water partition coefficient (Wildman–Crippen LogP) is 6.66. The van der Waals surface area contributed by atoms with Gasteiger partial charge in [0, 0.05) is 25.7 Å². The van der Waals surface area contributed by atoms with Crippen LogP contribution in [0.4, 0.5) is 0 Å². The molecule has 0 aliphatic rings. The molecule has 130 valence electrons. The summed E-state index contributed by atoms with van der Waals surface area (Å²) >= 11 is 1.79. The summed E-state index contributed by atoms with van der Waals surface area (Å²) in [5, 5.41) is 4.63. The second-order valence-corrected chi connectivity index (χ2v) is 7.59. The minimum absolute atomic E-state index is 0.314. The average Bonchev–Trinajstić information content (AvgIpc) is 3.10. The molecule has 1 heterocycles. The van der Waals surface area contributed by atoms with E-state index in [2.05, 4.69) is 54.6 Å². The van der Waals surface area contributed by atoms with Crippen molar-refractivity contribution in [2.75, 3.05) is 7.11 Å². The van der Waals surface area contributed by atoms with Crippen LogP contribution in [0.5, 0.6) is 0 Å². The van der Waals surface area contributed by atoms with E-state index in [1.807, 2.05) is 24.3 Å². The van der Waals surface area contributed by atoms with Gasteiger partial charge < -0.3 is 4.74 Å². The Morgan fingerprint density at radius 2 is 1.52 bits per heavy atom. The molecule has 0 spiro atoms. The summed E-state index contributed by atoms with van der Waals surface area (Å²) in [6.45, 7) is 0. The van der Waals surface area contributed by atoms with Crippen LogP contribution in [0.3, 0.4) is 0 Å². The highest BCUT2D eigenvalue weighted by molar-refractivity contribution is 7.25. The normalized spacial score (nSPS) is 11.3. The highest BCUT2D eigenvalue weighted by atomic mass is 32.1. The number of thiophene rings is 1. The third kappa shape index (κ3) is 2.51. The van der Waals surface area contributed by atoms with Gasteiger partial charge in [-0.05, 0) is 40.6 Å². The zero-order chi connectivity index (χ0) is 18.4. The summed E-state index contributed by atoms with van der Waals surface area (Å²) in [5.41, 5.74) is 2.55. The zero-order valence-electron chi connectivity index (χ0n) is 14.7. The van der Waals surface area contributed by atoms with E-state index in [0.29, 0.717) is 5.56 Å². The van der Waals surface area contributed by atoms with Crippen LogP contribution in [-0.2, 0) is 4.74 Å². The first-order valence-corrected chi connectivity index (χ1v) is 9.59. The van der Waals surface area contributed by atoms with Gasteiger partial charge in [-0.15, -0.1) is 11.3 Å². The zero-order valence-corrected chi connectivity index (χ0v) is 15.5. The van der Waals surface area contributed by atoms with E-state index in [4.69, 9.17) is 4.74 Å². The molecule has 5 aromatic rings. The van der Waals surface area contributed by atoms with Crippen LogP contribution in [0.2, 0.25) is 0 Å². The maximum atomic E-state index is 12.5. The van der Waals surface area contributed by atoms with Crippen molar-refractivity contribution in [3.8, 4) is 11.1 Å². The van der Waals surface area contributed by atoms with Crippen molar-refractivity contribution in [2.45, 2.75) is 0 Å². The number of carbonyl (C=O) groups excluding carboxylic acids is 1. The van der Waals surface area contributed by atoms with Gasteiger partial charge in [-0.2, -0.15) is 0 Å². The van der Waals surface area contributed by atoms with Crippen molar-refractivity contribution >= 4 is 48.3 Å². The average molecular weight is 368 g/mol. The molecule has 0 N–H and O–H groups in total. The van der Waals surface area contributed by atoms with Gasteiger partial charge in [0.25, 0.3) is 0 Å². The first-order valence-electron chi connectivity index (χ1n) is 8.78. The largest absolute Gasteiger partial charge is 0.465 e. The third-order valence-corrected chi connectivity index (χ3v) is 6.15. The van der Waals surface area contributed by atoms with Crippen LogP contribution in [0.15, 0.2) is 78.9 Å². The highest BCUT2D eigenvalue weighted by Gasteiger charge is 2.17. The molecule has 27 heavy (non-hydrogen) atoms. The molecule has 0 saturated heterocycles. The fourth-order valence-corrected chi connectivity index (χ4v) is 4.83. The first kappa shape index (κ1) is 16.0. The minimum atomic E-state index is -0.314. The summed E-state index contributed by atoms with van der Waals surface area (Å²) in [6.07, 6.45) is 0. The number of hydrogen-bond donors (Lipinski definition) is 0. The molecular weight excluding hydrogens is 352 g/mol. The fraction of sp³-hybridized carbons (Fsp3) is 0.0417. The van der Waals surface area contributed by atoms with Gasteiger partial charge in [0.05, 0.1) is 12.7 Å². The topological polar surface area (TPSA) is 26.3 Å². The number of carbonyl (C=O) groups is 1. The third-order valence-electron chi connectivity index (χ3n) is 5.00. The molecule has 0 aliphatic carbocycles. The van der Waals surface area contributed by atoms with Crippen LogP contribution in [0, 0.1) is 0 Å². The fourth-order valence-electron chi connectivity index (χ4n) is 3.74. The summed E-state index contributed by atoms with van der Waals surface area (Å²) in [7, 11) is 1.43. The summed E-state index contributed by atoms with van der Waals surface area (Å²) in [5.74, 6) is -0.314. The second-order valence-electron chi connectivity index (χ2n) is 6.51. The Hall–Kier alpha value is -3.17. The van der Waals surface area contributed by atoms with Crippen molar-refractivity contribution in [1.29, 1.82) is 0 Å². The molecule has 0 aliphatic heterocycles. The van der Waals surface area contributed by atoms with Crippen molar-refractivity contribution < 1.29 is 9.53 Å². The van der Waals surface area contributed by atoms with E-state index in [1.165, 1.54) is 27.3 Å². The molecule has 5 rings (SSSR count). The molecule has 4 aromatic carbocycles. The molecule has 0 radical (unpaired) electrons. The van der Waals surface area contributed by atoms with E-state index in [1.54, 1.807) is 11.3 Å². The van der Waals surface area contributed by atoms with Crippen molar-refractivity contribution in [2.24, 2.45) is 0 Å². The Morgan fingerprint density at radius 3 is 2.37 bits per heavy atom. The summed E-state index contributed by atoms with van der Waals surface area (Å²) < 4.78 is 7.58. The molecule has 0 fully saturated rings. The van der Waals surface area contributed by atoms with Gasteiger partial charge in [0.15, 0.2) is 0 Å². The van der Waals surface area contributed by atoms with Crippen LogP contribution < -0.4 is 0 Å². The number of hydrogen-bond acceptors (Lipinski definition) is 3. The van der Waals surface area contributed by atoms with Crippen LogP contribution >= 0.6 is 11.3 Å². The molecule has 1 aromatic heterocycles. The molecule has 0 bridgehead atoms. The molecule has 0 unspecified atom stereocenters. The van der Waals surface area contributed by atoms with E-state index in [9.17, 15) is 4.79 Å². The quantitative estimate of drug-likeness (QED) is 0.326. The summed E-state index contributed by atoms with van der Waals surface area (Å²) in [4.78, 5) is 12.5. The van der Waals surface area contributed by atoms with E-state index in [0.717, 1.165) is 21.9 Å². The summed E-state index contributed by atoms with van der Waals surface area (Å²) in [6, 6.07) is 26.9. The second kappa shape index (κ2) is 6.22. The minimum Gasteiger partial charge on any atom is -0.465 e. The predicted molar refractivity (Wildman–Crippen MR) is 114 cm³/mol. The van der Waals surface area contributed by atoms with E-state index < -0.39 is 0 Å². The van der Waals surface area contributed by atoms with Gasteiger partial charge in [-0.25, -0.2) is 4.79 Å². The SMILES string of the molecule is COC(=O)c1ccc2ccccc2c1-c1ccc2sc3ccccc3c2c1. The molecule has 0 atom stereocenters. The standard InChI is InChI=1S/C24H16O2S/c1-26-24(25)19-12-10-15-6-2-3-7-17(15)23(19)16-11-13-22-20(14-16)18-8-4-5-9-21(18)27-22/h2-14H,1H3. The smallest absolute Gasteiger partial charge is 0.338 e.